The van der Waals surface area contributed by atoms with Gasteiger partial charge >= 0.3 is 0 Å². The van der Waals surface area contributed by atoms with Gasteiger partial charge in [-0.25, -0.2) is 0 Å². The van der Waals surface area contributed by atoms with Gasteiger partial charge in [0.2, 0.25) is 0 Å². The Kier molecular flexibility index (Phi) is 3.18. The smallest absolute Gasteiger partial charge is 0.0619 e. The van der Waals surface area contributed by atoms with Crippen molar-refractivity contribution in [1.29, 1.82) is 0 Å². The summed E-state index contributed by atoms with van der Waals surface area (Å²) < 4.78 is 0. The molecule has 0 aliphatic carbocycles. The van der Waals surface area contributed by atoms with Crippen LogP contribution in [-0.2, 0) is 0 Å². The Morgan fingerprint density at radius 1 is 1.36 bits per heavy atom. The van der Waals surface area contributed by atoms with Gasteiger partial charge in [0, 0.05) is 0 Å². The van der Waals surface area contributed by atoms with Gasteiger partial charge in [-0.15, -0.1) is 18.2 Å². The largest absolute Gasteiger partial charge is 0.117 e. The number of hydrogen-bond donors (Lipinski definition) is 0. The molecule has 11 heavy (non-hydrogen) atoms. The molecule has 0 aromatic heterocycles. The maximum Gasteiger partial charge on any atom is 0.0619 e. The number of benzene rings is 1. The summed E-state index contributed by atoms with van der Waals surface area (Å²) in [5, 5.41) is 0.0775. The van der Waals surface area contributed by atoms with Gasteiger partial charge in [0.25, 0.3) is 0 Å². The van der Waals surface area contributed by atoms with Gasteiger partial charge in [0.1, 0.15) is 0 Å². The van der Waals surface area contributed by atoms with Crippen LogP contribution in [0, 0.1) is 0 Å². The highest BCUT2D eigenvalue weighted by molar-refractivity contribution is 6.20. The fraction of sp³-hybridized carbons (Fsp3) is 0.200. The van der Waals surface area contributed by atoms with E-state index < -0.39 is 0 Å². The molecular formula is C10H11Cl. The molecule has 0 aliphatic rings. The van der Waals surface area contributed by atoms with E-state index in [0.29, 0.717) is 0 Å². The van der Waals surface area contributed by atoms with Crippen molar-refractivity contribution in [3.8, 4) is 0 Å². The van der Waals surface area contributed by atoms with Crippen LogP contribution in [0.25, 0.3) is 0 Å². The Morgan fingerprint density at radius 2 is 2.00 bits per heavy atom. The SMILES string of the molecule is C=CCC(Cl)c1ccccc1. The Hall–Kier alpha value is -0.750. The van der Waals surface area contributed by atoms with E-state index >= 15 is 0 Å². The van der Waals surface area contributed by atoms with Crippen LogP contribution >= 0.6 is 11.6 Å². The molecule has 1 atom stereocenters. The minimum atomic E-state index is 0.0775. The second-order valence-electron chi connectivity index (χ2n) is 2.40. The van der Waals surface area contributed by atoms with E-state index in [-0.39, 0.29) is 5.38 Å². The fourth-order valence-corrected chi connectivity index (χ4v) is 1.22. The van der Waals surface area contributed by atoms with Crippen molar-refractivity contribution in [3.63, 3.8) is 0 Å². The lowest BCUT2D eigenvalue weighted by atomic mass is 10.1. The molecule has 0 amide bonds. The molecule has 0 aliphatic heterocycles. The van der Waals surface area contributed by atoms with Crippen molar-refractivity contribution in [1.82, 2.24) is 0 Å². The van der Waals surface area contributed by atoms with Crippen molar-refractivity contribution in [2.45, 2.75) is 11.8 Å². The number of rotatable bonds is 3. The summed E-state index contributed by atoms with van der Waals surface area (Å²) >= 11 is 6.04. The molecule has 0 bridgehead atoms. The molecule has 0 N–H and O–H groups in total. The zero-order chi connectivity index (χ0) is 8.10. The molecule has 0 saturated heterocycles. The van der Waals surface area contributed by atoms with E-state index in [1.165, 1.54) is 0 Å². The van der Waals surface area contributed by atoms with Gasteiger partial charge in [-0.1, -0.05) is 36.4 Å². The van der Waals surface area contributed by atoms with Crippen LogP contribution in [0.15, 0.2) is 43.0 Å². The number of alkyl halides is 1. The number of allylic oxidation sites excluding steroid dienone is 1. The molecule has 1 heteroatoms. The first-order valence-corrected chi connectivity index (χ1v) is 4.08. The third kappa shape index (κ3) is 2.39. The van der Waals surface area contributed by atoms with Gasteiger partial charge in [-0.05, 0) is 12.0 Å². The van der Waals surface area contributed by atoms with E-state index in [1.807, 2.05) is 36.4 Å². The Labute approximate surface area is 72.5 Å². The lowest BCUT2D eigenvalue weighted by Gasteiger charge is -2.04. The van der Waals surface area contributed by atoms with Crippen molar-refractivity contribution < 1.29 is 0 Å². The maximum atomic E-state index is 6.04. The summed E-state index contributed by atoms with van der Waals surface area (Å²) in [7, 11) is 0. The highest BCUT2D eigenvalue weighted by atomic mass is 35.5. The second kappa shape index (κ2) is 4.20. The Balaban J connectivity index is 2.68. The van der Waals surface area contributed by atoms with Gasteiger partial charge in [0.15, 0.2) is 0 Å². The monoisotopic (exact) mass is 166 g/mol. The molecule has 1 aromatic rings. The first kappa shape index (κ1) is 8.35. The van der Waals surface area contributed by atoms with Crippen LogP contribution in [0.2, 0.25) is 0 Å². The van der Waals surface area contributed by atoms with E-state index in [0.717, 1.165) is 12.0 Å². The van der Waals surface area contributed by atoms with E-state index in [2.05, 4.69) is 6.58 Å². The second-order valence-corrected chi connectivity index (χ2v) is 2.93. The van der Waals surface area contributed by atoms with E-state index in [4.69, 9.17) is 11.6 Å². The molecule has 0 radical (unpaired) electrons. The van der Waals surface area contributed by atoms with Crippen molar-refractivity contribution in [2.75, 3.05) is 0 Å². The van der Waals surface area contributed by atoms with Crippen LogP contribution in [0.1, 0.15) is 17.4 Å². The molecule has 58 valence electrons. The van der Waals surface area contributed by atoms with Crippen LogP contribution in [0.4, 0.5) is 0 Å². The highest BCUT2D eigenvalue weighted by Crippen LogP contribution is 2.23. The van der Waals surface area contributed by atoms with Crippen LogP contribution in [0.5, 0.6) is 0 Å². The lowest BCUT2D eigenvalue weighted by molar-refractivity contribution is 0.959. The number of hydrogen-bond acceptors (Lipinski definition) is 0. The standard InChI is InChI=1S/C10H11Cl/c1-2-6-10(11)9-7-4-3-5-8-9/h2-5,7-8,10H,1,6H2. The van der Waals surface area contributed by atoms with Crippen LogP contribution in [-0.4, -0.2) is 0 Å². The summed E-state index contributed by atoms with van der Waals surface area (Å²) in [6.45, 7) is 3.64. The lowest BCUT2D eigenvalue weighted by Crippen LogP contribution is -1.86. The third-order valence-electron chi connectivity index (χ3n) is 1.53. The van der Waals surface area contributed by atoms with Crippen LogP contribution < -0.4 is 0 Å². The topological polar surface area (TPSA) is 0 Å². The quantitative estimate of drug-likeness (QED) is 0.476. The molecule has 1 rings (SSSR count). The average Bonchev–Trinajstić information content (AvgIpc) is 2.07. The molecule has 1 unspecified atom stereocenters. The minimum absolute atomic E-state index is 0.0775. The van der Waals surface area contributed by atoms with E-state index in [9.17, 15) is 0 Å². The minimum Gasteiger partial charge on any atom is -0.117 e. The van der Waals surface area contributed by atoms with Crippen LogP contribution in [0.3, 0.4) is 0 Å². The van der Waals surface area contributed by atoms with Crippen molar-refractivity contribution in [3.05, 3.63) is 48.6 Å². The predicted molar refractivity (Wildman–Crippen MR) is 49.9 cm³/mol. The zero-order valence-corrected chi connectivity index (χ0v) is 7.09. The molecule has 0 saturated carbocycles. The molecule has 0 spiro atoms. The number of halogens is 1. The van der Waals surface area contributed by atoms with Gasteiger partial charge in [-0.3, -0.25) is 0 Å². The maximum absolute atomic E-state index is 6.04. The highest BCUT2D eigenvalue weighted by Gasteiger charge is 2.02. The summed E-state index contributed by atoms with van der Waals surface area (Å²) in [5.41, 5.74) is 1.16. The molecule has 0 nitrogen and oxygen atoms in total. The predicted octanol–water partition coefficient (Wildman–Crippen LogP) is 3.54. The van der Waals surface area contributed by atoms with Gasteiger partial charge in [-0.2, -0.15) is 0 Å². The summed E-state index contributed by atoms with van der Waals surface area (Å²) in [6.07, 6.45) is 2.66. The summed E-state index contributed by atoms with van der Waals surface area (Å²) in [5.74, 6) is 0. The zero-order valence-electron chi connectivity index (χ0n) is 6.33. The average molecular weight is 167 g/mol. The van der Waals surface area contributed by atoms with Gasteiger partial charge in [0.05, 0.1) is 5.38 Å². The first-order valence-electron chi connectivity index (χ1n) is 3.64. The first-order chi connectivity index (χ1) is 5.34. The van der Waals surface area contributed by atoms with Gasteiger partial charge < -0.3 is 0 Å². The van der Waals surface area contributed by atoms with Crippen molar-refractivity contribution in [2.24, 2.45) is 0 Å². The van der Waals surface area contributed by atoms with Crippen molar-refractivity contribution >= 4 is 11.6 Å². The molecule has 1 aromatic carbocycles. The van der Waals surface area contributed by atoms with E-state index in [1.54, 1.807) is 0 Å². The third-order valence-corrected chi connectivity index (χ3v) is 1.97. The molecule has 0 heterocycles. The molecular weight excluding hydrogens is 156 g/mol. The normalized spacial score (nSPS) is 12.5. The summed E-state index contributed by atoms with van der Waals surface area (Å²) in [6, 6.07) is 10.0. The summed E-state index contributed by atoms with van der Waals surface area (Å²) in [4.78, 5) is 0. The molecule has 0 fully saturated rings. The fourth-order valence-electron chi connectivity index (χ4n) is 0.944. The Morgan fingerprint density at radius 3 is 2.55 bits per heavy atom. The Bertz CT molecular complexity index is 216.